The summed E-state index contributed by atoms with van der Waals surface area (Å²) in [6.07, 6.45) is 0. The predicted octanol–water partition coefficient (Wildman–Crippen LogP) is 0.974. The number of rotatable bonds is 0. The van der Waals surface area contributed by atoms with E-state index in [2.05, 4.69) is 18.8 Å². The average molecular weight is 183 g/mol. The Morgan fingerprint density at radius 2 is 2.42 bits per heavy atom. The lowest BCUT2D eigenvalue weighted by atomic mass is 10.3. The van der Waals surface area contributed by atoms with Crippen molar-refractivity contribution in [3.05, 3.63) is 0 Å². The Bertz CT molecular complexity index is 228. The molecule has 1 fully saturated rings. The summed E-state index contributed by atoms with van der Waals surface area (Å²) in [5.74, 6) is 7.27. The van der Waals surface area contributed by atoms with Gasteiger partial charge in [0.2, 0.25) is 0 Å². The second-order valence-electron chi connectivity index (χ2n) is 2.80. The van der Waals surface area contributed by atoms with Gasteiger partial charge in [0, 0.05) is 24.1 Å². The van der Waals surface area contributed by atoms with E-state index in [-0.39, 0.29) is 5.91 Å². The normalized spacial score (nSPS) is 22.8. The number of nitrogens with zero attached hydrogens (tertiary/aromatic N) is 1. The summed E-state index contributed by atoms with van der Waals surface area (Å²) in [7, 11) is 0. The van der Waals surface area contributed by atoms with E-state index in [0.29, 0.717) is 6.04 Å². The second kappa shape index (κ2) is 4.42. The molecule has 0 N–H and O–H groups in total. The molecule has 3 heteroatoms. The Kier molecular flexibility index (Phi) is 3.48. The van der Waals surface area contributed by atoms with Crippen LogP contribution in [0.2, 0.25) is 0 Å². The van der Waals surface area contributed by atoms with Crippen molar-refractivity contribution in [3.8, 4) is 11.8 Å². The number of hydrogen-bond acceptors (Lipinski definition) is 2. The number of carbonyl (C=O) groups is 1. The molecule has 1 rings (SSSR count). The average Bonchev–Trinajstić information content (AvgIpc) is 2.05. The summed E-state index contributed by atoms with van der Waals surface area (Å²) < 4.78 is 0. The first-order valence-electron chi connectivity index (χ1n) is 4.07. The lowest BCUT2D eigenvalue weighted by Crippen LogP contribution is -2.43. The van der Waals surface area contributed by atoms with Gasteiger partial charge >= 0.3 is 0 Å². The van der Waals surface area contributed by atoms with Crippen LogP contribution in [-0.2, 0) is 4.79 Å². The van der Waals surface area contributed by atoms with Crippen molar-refractivity contribution in [2.24, 2.45) is 0 Å². The van der Waals surface area contributed by atoms with Crippen molar-refractivity contribution in [2.45, 2.75) is 19.9 Å². The van der Waals surface area contributed by atoms with Crippen molar-refractivity contribution in [2.75, 3.05) is 18.1 Å². The van der Waals surface area contributed by atoms with Gasteiger partial charge in [-0.05, 0) is 19.8 Å². The van der Waals surface area contributed by atoms with Crippen LogP contribution in [0.3, 0.4) is 0 Å². The largest absolute Gasteiger partial charge is 0.328 e. The fraction of sp³-hybridized carbons (Fsp3) is 0.667. The lowest BCUT2D eigenvalue weighted by Gasteiger charge is -2.31. The zero-order chi connectivity index (χ0) is 8.97. The zero-order valence-electron chi connectivity index (χ0n) is 7.46. The molecule has 0 aromatic heterocycles. The van der Waals surface area contributed by atoms with E-state index >= 15 is 0 Å². The van der Waals surface area contributed by atoms with Crippen LogP contribution in [0.5, 0.6) is 0 Å². The molecule has 0 saturated carbocycles. The first-order valence-corrected chi connectivity index (χ1v) is 5.22. The van der Waals surface area contributed by atoms with Crippen molar-refractivity contribution in [1.82, 2.24) is 4.90 Å². The van der Waals surface area contributed by atoms with Crippen molar-refractivity contribution < 1.29 is 4.79 Å². The van der Waals surface area contributed by atoms with E-state index in [9.17, 15) is 4.79 Å². The standard InChI is InChI=1S/C9H13NOS/c1-3-4-9(11)10-5-6-12-7-8(10)2/h8H,5-7H2,1-2H3. The SMILES string of the molecule is CC#CC(=O)N1CCSCC1C. The predicted molar refractivity (Wildman–Crippen MR) is 52.0 cm³/mol. The van der Waals surface area contributed by atoms with Crippen molar-refractivity contribution in [3.63, 3.8) is 0 Å². The van der Waals surface area contributed by atoms with Gasteiger partial charge in [0.1, 0.15) is 0 Å². The van der Waals surface area contributed by atoms with Crippen LogP contribution in [-0.4, -0.2) is 34.9 Å². The molecule has 66 valence electrons. The summed E-state index contributed by atoms with van der Waals surface area (Å²) in [5.41, 5.74) is 0. The molecule has 1 amide bonds. The molecule has 0 spiro atoms. The molecule has 1 aliphatic rings. The van der Waals surface area contributed by atoms with Crippen LogP contribution >= 0.6 is 11.8 Å². The summed E-state index contributed by atoms with van der Waals surface area (Å²) in [5, 5.41) is 0. The Labute approximate surface area is 77.7 Å². The highest BCUT2D eigenvalue weighted by Gasteiger charge is 2.21. The van der Waals surface area contributed by atoms with Gasteiger partial charge in [-0.2, -0.15) is 11.8 Å². The van der Waals surface area contributed by atoms with Gasteiger partial charge in [0.15, 0.2) is 0 Å². The van der Waals surface area contributed by atoms with Crippen molar-refractivity contribution in [1.29, 1.82) is 0 Å². The van der Waals surface area contributed by atoms with E-state index < -0.39 is 0 Å². The van der Waals surface area contributed by atoms with E-state index in [1.807, 2.05) is 16.7 Å². The van der Waals surface area contributed by atoms with Gasteiger partial charge in [-0.25, -0.2) is 0 Å². The van der Waals surface area contributed by atoms with Gasteiger partial charge in [-0.3, -0.25) is 4.79 Å². The molecule has 1 saturated heterocycles. The second-order valence-corrected chi connectivity index (χ2v) is 3.95. The molecule has 1 heterocycles. The Balaban J connectivity index is 2.57. The minimum Gasteiger partial charge on any atom is -0.328 e. The fourth-order valence-corrected chi connectivity index (χ4v) is 2.22. The summed E-state index contributed by atoms with van der Waals surface area (Å²) in [6.45, 7) is 4.61. The third kappa shape index (κ3) is 2.18. The van der Waals surface area contributed by atoms with Crippen LogP contribution in [0.25, 0.3) is 0 Å². The minimum atomic E-state index is -0.0229. The topological polar surface area (TPSA) is 20.3 Å². The molecule has 0 aromatic rings. The fourth-order valence-electron chi connectivity index (χ4n) is 1.21. The number of thioether (sulfide) groups is 1. The molecule has 1 atom stereocenters. The van der Waals surface area contributed by atoms with Gasteiger partial charge < -0.3 is 4.90 Å². The molecule has 0 radical (unpaired) electrons. The molecule has 1 unspecified atom stereocenters. The van der Waals surface area contributed by atoms with E-state index in [1.165, 1.54) is 0 Å². The summed E-state index contributed by atoms with van der Waals surface area (Å²) in [6, 6.07) is 0.345. The molecule has 2 nitrogen and oxygen atoms in total. The molecule has 12 heavy (non-hydrogen) atoms. The molecule has 0 aliphatic carbocycles. The first-order chi connectivity index (χ1) is 5.75. The maximum atomic E-state index is 11.4. The molecular formula is C9H13NOS. The first kappa shape index (κ1) is 9.47. The highest BCUT2D eigenvalue weighted by molar-refractivity contribution is 7.99. The third-order valence-electron chi connectivity index (χ3n) is 1.86. The van der Waals surface area contributed by atoms with Crippen LogP contribution in [0.4, 0.5) is 0 Å². The summed E-state index contributed by atoms with van der Waals surface area (Å²) >= 11 is 1.90. The summed E-state index contributed by atoms with van der Waals surface area (Å²) in [4.78, 5) is 13.2. The van der Waals surface area contributed by atoms with E-state index in [4.69, 9.17) is 0 Å². The van der Waals surface area contributed by atoms with Gasteiger partial charge in [-0.15, -0.1) is 0 Å². The van der Waals surface area contributed by atoms with Gasteiger partial charge in [0.25, 0.3) is 5.91 Å². The van der Waals surface area contributed by atoms with Crippen LogP contribution in [0.15, 0.2) is 0 Å². The highest BCUT2D eigenvalue weighted by Crippen LogP contribution is 2.15. The third-order valence-corrected chi connectivity index (χ3v) is 3.05. The molecule has 0 bridgehead atoms. The minimum absolute atomic E-state index is 0.0229. The highest BCUT2D eigenvalue weighted by atomic mass is 32.2. The molecule has 0 aromatic carbocycles. The number of amides is 1. The lowest BCUT2D eigenvalue weighted by molar-refractivity contribution is -0.126. The molecule has 1 aliphatic heterocycles. The quantitative estimate of drug-likeness (QED) is 0.522. The Morgan fingerprint density at radius 1 is 1.67 bits per heavy atom. The van der Waals surface area contributed by atoms with Gasteiger partial charge in [0.05, 0.1) is 0 Å². The zero-order valence-corrected chi connectivity index (χ0v) is 8.28. The van der Waals surface area contributed by atoms with Crippen LogP contribution in [0, 0.1) is 11.8 Å². The smallest absolute Gasteiger partial charge is 0.298 e. The monoisotopic (exact) mass is 183 g/mol. The molecular weight excluding hydrogens is 170 g/mol. The van der Waals surface area contributed by atoms with Crippen LogP contribution < -0.4 is 0 Å². The Morgan fingerprint density at radius 3 is 3.00 bits per heavy atom. The maximum absolute atomic E-state index is 11.4. The van der Waals surface area contributed by atoms with Gasteiger partial charge in [-0.1, -0.05) is 5.92 Å². The van der Waals surface area contributed by atoms with Crippen LogP contribution in [0.1, 0.15) is 13.8 Å². The number of hydrogen-bond donors (Lipinski definition) is 0. The number of carbonyl (C=O) groups excluding carboxylic acids is 1. The van der Waals surface area contributed by atoms with E-state index in [0.717, 1.165) is 18.1 Å². The maximum Gasteiger partial charge on any atom is 0.298 e. The Hall–Kier alpha value is -0.620. The van der Waals surface area contributed by atoms with Crippen molar-refractivity contribution >= 4 is 17.7 Å². The van der Waals surface area contributed by atoms with E-state index in [1.54, 1.807) is 6.92 Å².